The molecule has 9 heteroatoms. The summed E-state index contributed by atoms with van der Waals surface area (Å²) in [6, 6.07) is 3.29. The topological polar surface area (TPSA) is 111 Å². The number of carbonyl (C=O) groups excluding carboxylic acids is 4. The number of piperidine rings is 1. The largest absolute Gasteiger partial charge is 0.491 e. The zero-order chi connectivity index (χ0) is 28.8. The second-order valence-electron chi connectivity index (χ2n) is 12.3. The van der Waals surface area contributed by atoms with Gasteiger partial charge in [0, 0.05) is 42.7 Å². The predicted molar refractivity (Wildman–Crippen MR) is 151 cm³/mol. The summed E-state index contributed by atoms with van der Waals surface area (Å²) >= 11 is 0. The zero-order valence-corrected chi connectivity index (χ0v) is 24.4. The Morgan fingerprint density at radius 1 is 1.18 bits per heavy atom. The van der Waals surface area contributed by atoms with Crippen LogP contribution in [0.15, 0.2) is 12.1 Å². The van der Waals surface area contributed by atoms with Crippen LogP contribution in [-0.2, 0) is 27.3 Å². The van der Waals surface area contributed by atoms with E-state index in [9.17, 15) is 19.2 Å². The molecule has 2 aliphatic heterocycles. The molecule has 2 fully saturated rings. The maximum Gasteiger partial charge on any atom is 0.245 e. The number of benzene rings is 1. The number of rotatable bonds is 5. The minimum absolute atomic E-state index is 0.0353. The molecule has 216 valence electrons. The third-order valence-corrected chi connectivity index (χ3v) is 8.96. The van der Waals surface area contributed by atoms with Gasteiger partial charge in [0.15, 0.2) is 11.6 Å². The Kier molecular flexibility index (Phi) is 7.77. The van der Waals surface area contributed by atoms with Crippen molar-refractivity contribution >= 4 is 34.3 Å². The fraction of sp³-hybridized carbons (Fsp3) is 0.645. The van der Waals surface area contributed by atoms with Gasteiger partial charge >= 0.3 is 0 Å². The van der Waals surface area contributed by atoms with E-state index in [0.717, 1.165) is 49.6 Å². The Balaban J connectivity index is 1.58. The van der Waals surface area contributed by atoms with Crippen molar-refractivity contribution in [2.24, 2.45) is 11.3 Å². The lowest BCUT2D eigenvalue weighted by Gasteiger charge is -2.26. The lowest BCUT2D eigenvalue weighted by atomic mass is 9.95. The van der Waals surface area contributed by atoms with Crippen molar-refractivity contribution in [2.45, 2.75) is 111 Å². The average molecular weight is 551 g/mol. The SMILES string of the molecule is CCC(=O)[C@@H]1C[C@]23CNC(=O)[C@H](C)CCCCCc4cc(OC(C)C)cc5c(C(C)=O)nn(c45)CC(=O)N1[C@@H]2C3. The number of amides is 2. The molecular weight excluding hydrogens is 508 g/mol. The van der Waals surface area contributed by atoms with Crippen LogP contribution in [0.3, 0.4) is 0 Å². The van der Waals surface area contributed by atoms with E-state index in [1.807, 2.05) is 39.8 Å². The van der Waals surface area contributed by atoms with Gasteiger partial charge in [0.05, 0.1) is 17.7 Å². The second kappa shape index (κ2) is 11.0. The van der Waals surface area contributed by atoms with E-state index in [2.05, 4.69) is 10.4 Å². The van der Waals surface area contributed by atoms with Gasteiger partial charge in [-0.15, -0.1) is 0 Å². The first kappa shape index (κ1) is 28.3. The quantitative estimate of drug-likeness (QED) is 0.558. The van der Waals surface area contributed by atoms with Crippen molar-refractivity contribution in [1.29, 1.82) is 0 Å². The zero-order valence-electron chi connectivity index (χ0n) is 24.4. The summed E-state index contributed by atoms with van der Waals surface area (Å²) in [6.07, 6.45) is 6.00. The Morgan fingerprint density at radius 2 is 1.95 bits per heavy atom. The maximum atomic E-state index is 14.0. The molecule has 1 saturated carbocycles. The van der Waals surface area contributed by atoms with E-state index in [4.69, 9.17) is 4.74 Å². The summed E-state index contributed by atoms with van der Waals surface area (Å²) in [5, 5.41) is 8.49. The standard InChI is InChI=1S/C31H42N4O5/c1-6-25(37)24-14-31-15-26(31)35(24)27(38)16-34-29-21(11-9-7-8-10-19(4)30(39)32-17-31)12-22(40-18(2)3)13-23(29)28(33-34)20(5)36/h12-13,18-19,24,26H,6-11,14-17H2,1-5H3,(H,32,39)/t19-,24+,26-,31+/m1/s1. The molecule has 2 bridgehead atoms. The van der Waals surface area contributed by atoms with Crippen molar-refractivity contribution < 1.29 is 23.9 Å². The first-order chi connectivity index (χ1) is 19.0. The molecule has 1 aromatic heterocycles. The molecule has 0 radical (unpaired) electrons. The molecule has 2 amide bonds. The molecule has 0 unspecified atom stereocenters. The lowest BCUT2D eigenvalue weighted by Crippen LogP contribution is -2.44. The fourth-order valence-corrected chi connectivity index (χ4v) is 6.76. The number of hydrogen-bond donors (Lipinski definition) is 1. The number of ether oxygens (including phenoxy) is 1. The Morgan fingerprint density at radius 3 is 2.65 bits per heavy atom. The number of Topliss-reactive ketones (excluding diaryl/α,β-unsaturated/α-hetero) is 2. The number of aryl methyl sites for hydroxylation is 1. The van der Waals surface area contributed by atoms with E-state index in [0.29, 0.717) is 36.2 Å². The van der Waals surface area contributed by atoms with Crippen LogP contribution in [0, 0.1) is 11.3 Å². The molecule has 3 aliphatic rings. The van der Waals surface area contributed by atoms with Gasteiger partial charge in [-0.05, 0) is 63.6 Å². The van der Waals surface area contributed by atoms with Gasteiger partial charge in [-0.25, -0.2) is 0 Å². The van der Waals surface area contributed by atoms with Crippen LogP contribution in [0.2, 0.25) is 0 Å². The monoisotopic (exact) mass is 550 g/mol. The molecule has 1 N–H and O–H groups in total. The highest BCUT2D eigenvalue weighted by atomic mass is 16.5. The number of aromatic nitrogens is 2. The molecule has 40 heavy (non-hydrogen) atoms. The second-order valence-corrected chi connectivity index (χ2v) is 12.3. The molecule has 3 heterocycles. The Hall–Kier alpha value is -3.23. The third-order valence-electron chi connectivity index (χ3n) is 8.96. The third kappa shape index (κ3) is 5.27. The summed E-state index contributed by atoms with van der Waals surface area (Å²) in [5.41, 5.74) is 1.84. The van der Waals surface area contributed by atoms with Crippen LogP contribution < -0.4 is 10.1 Å². The van der Waals surface area contributed by atoms with Crippen LogP contribution in [-0.4, -0.2) is 62.8 Å². The van der Waals surface area contributed by atoms with Crippen LogP contribution in [0.1, 0.15) is 95.6 Å². The first-order valence-electron chi connectivity index (χ1n) is 14.9. The summed E-state index contributed by atoms with van der Waals surface area (Å²) in [7, 11) is 0. The predicted octanol–water partition coefficient (Wildman–Crippen LogP) is 4.23. The van der Waals surface area contributed by atoms with Crippen LogP contribution in [0.25, 0.3) is 10.9 Å². The van der Waals surface area contributed by atoms with Crippen LogP contribution in [0.5, 0.6) is 5.75 Å². The van der Waals surface area contributed by atoms with Crippen molar-refractivity contribution in [2.75, 3.05) is 6.54 Å². The Labute approximate surface area is 236 Å². The lowest BCUT2D eigenvalue weighted by molar-refractivity contribution is -0.139. The molecule has 5 rings (SSSR count). The van der Waals surface area contributed by atoms with Crippen molar-refractivity contribution in [3.05, 3.63) is 23.4 Å². The summed E-state index contributed by atoms with van der Waals surface area (Å²) < 4.78 is 7.71. The van der Waals surface area contributed by atoms with E-state index in [-0.39, 0.29) is 53.4 Å². The molecule has 1 aromatic carbocycles. The normalized spacial score (nSPS) is 27.4. The van der Waals surface area contributed by atoms with Crippen molar-refractivity contribution in [1.82, 2.24) is 20.0 Å². The minimum Gasteiger partial charge on any atom is -0.491 e. The summed E-state index contributed by atoms with van der Waals surface area (Å²) in [5.74, 6) is 0.332. The molecule has 1 saturated heterocycles. The molecule has 0 spiro atoms. The van der Waals surface area contributed by atoms with Crippen molar-refractivity contribution in [3.8, 4) is 5.75 Å². The van der Waals surface area contributed by atoms with E-state index in [1.54, 1.807) is 9.58 Å². The van der Waals surface area contributed by atoms with Crippen LogP contribution in [0.4, 0.5) is 0 Å². The van der Waals surface area contributed by atoms with Gasteiger partial charge in [-0.3, -0.25) is 23.9 Å². The number of ketones is 2. The van der Waals surface area contributed by atoms with E-state index < -0.39 is 6.04 Å². The molecular formula is C31H42N4O5. The van der Waals surface area contributed by atoms with Crippen molar-refractivity contribution in [3.63, 3.8) is 0 Å². The fourth-order valence-electron chi connectivity index (χ4n) is 6.76. The molecule has 4 atom stereocenters. The van der Waals surface area contributed by atoms with Gasteiger partial charge in [-0.1, -0.05) is 26.7 Å². The summed E-state index contributed by atoms with van der Waals surface area (Å²) in [6.45, 7) is 9.65. The van der Waals surface area contributed by atoms with Gasteiger partial charge in [0.25, 0.3) is 0 Å². The van der Waals surface area contributed by atoms with E-state index in [1.165, 1.54) is 6.92 Å². The summed E-state index contributed by atoms with van der Waals surface area (Å²) in [4.78, 5) is 54.3. The van der Waals surface area contributed by atoms with Gasteiger partial charge in [0.1, 0.15) is 18.0 Å². The van der Waals surface area contributed by atoms with Gasteiger partial charge in [0.2, 0.25) is 11.8 Å². The van der Waals surface area contributed by atoms with E-state index >= 15 is 0 Å². The van der Waals surface area contributed by atoms with Gasteiger partial charge in [-0.2, -0.15) is 5.10 Å². The maximum absolute atomic E-state index is 14.0. The highest BCUT2D eigenvalue weighted by molar-refractivity contribution is 6.06. The average Bonchev–Trinajstić information content (AvgIpc) is 3.31. The number of nitrogens with zero attached hydrogens (tertiary/aromatic N) is 3. The highest BCUT2D eigenvalue weighted by Gasteiger charge is 2.66. The Bertz CT molecular complexity index is 1350. The minimum atomic E-state index is -0.496. The number of hydrogen-bond acceptors (Lipinski definition) is 6. The molecule has 1 aliphatic carbocycles. The number of carbonyl (C=O) groups is 4. The highest BCUT2D eigenvalue weighted by Crippen LogP contribution is 2.59. The van der Waals surface area contributed by atoms with Gasteiger partial charge < -0.3 is 15.0 Å². The smallest absolute Gasteiger partial charge is 0.245 e. The molecule has 9 nitrogen and oxygen atoms in total. The first-order valence-corrected chi connectivity index (χ1v) is 14.9. The van der Waals surface area contributed by atoms with Crippen LogP contribution >= 0.6 is 0 Å². The number of nitrogens with one attached hydrogen (secondary N) is 1. The molecule has 2 aromatic rings.